The quantitative estimate of drug-likeness (QED) is 0.747. The molecule has 7 nitrogen and oxygen atoms in total. The molecule has 1 heterocycles. The van der Waals surface area contributed by atoms with Crippen LogP contribution < -0.4 is 5.32 Å². The van der Waals surface area contributed by atoms with Gasteiger partial charge in [0.15, 0.2) is 5.82 Å². The Balaban J connectivity index is 2.43. The van der Waals surface area contributed by atoms with E-state index in [0.29, 0.717) is 25.5 Å². The monoisotopic (exact) mass is 212 g/mol. The van der Waals surface area contributed by atoms with E-state index >= 15 is 0 Å². The van der Waals surface area contributed by atoms with Crippen molar-refractivity contribution < 1.29 is 4.79 Å². The minimum absolute atomic E-state index is 0.0944. The zero-order valence-corrected chi connectivity index (χ0v) is 9.27. The standard InChI is InChI=1S/C8H16N6O/c1-4-14(5-2)8(15)9-6-7-10-11-12-13(7)3/h4-6H2,1-3H3,(H,9,15). The molecule has 0 spiro atoms. The molecule has 0 aliphatic heterocycles. The number of hydrogen-bond acceptors (Lipinski definition) is 4. The molecule has 1 rings (SSSR count). The molecule has 1 aromatic heterocycles. The van der Waals surface area contributed by atoms with Crippen LogP contribution in [0.25, 0.3) is 0 Å². The van der Waals surface area contributed by atoms with E-state index in [0.717, 1.165) is 0 Å². The highest BCUT2D eigenvalue weighted by molar-refractivity contribution is 5.73. The van der Waals surface area contributed by atoms with Gasteiger partial charge in [-0.25, -0.2) is 9.48 Å². The second kappa shape index (κ2) is 5.28. The van der Waals surface area contributed by atoms with Crippen LogP contribution in [0.2, 0.25) is 0 Å². The van der Waals surface area contributed by atoms with Gasteiger partial charge in [-0.3, -0.25) is 0 Å². The third-order valence-corrected chi connectivity index (χ3v) is 2.16. The van der Waals surface area contributed by atoms with E-state index in [1.54, 1.807) is 11.9 Å². The Morgan fingerprint density at radius 1 is 1.47 bits per heavy atom. The molecule has 84 valence electrons. The summed E-state index contributed by atoms with van der Waals surface area (Å²) in [6.45, 7) is 5.61. The van der Waals surface area contributed by atoms with Gasteiger partial charge in [0.2, 0.25) is 0 Å². The van der Waals surface area contributed by atoms with Crippen molar-refractivity contribution in [3.8, 4) is 0 Å². The maximum Gasteiger partial charge on any atom is 0.317 e. The summed E-state index contributed by atoms with van der Waals surface area (Å²) in [7, 11) is 1.74. The normalized spacial score (nSPS) is 10.1. The first-order chi connectivity index (χ1) is 7.19. The predicted molar refractivity (Wildman–Crippen MR) is 54.0 cm³/mol. The van der Waals surface area contributed by atoms with Crippen molar-refractivity contribution in [3.05, 3.63) is 5.82 Å². The molecular weight excluding hydrogens is 196 g/mol. The number of carbonyl (C=O) groups is 1. The van der Waals surface area contributed by atoms with Crippen molar-refractivity contribution in [2.45, 2.75) is 20.4 Å². The van der Waals surface area contributed by atoms with Crippen molar-refractivity contribution in [2.24, 2.45) is 7.05 Å². The van der Waals surface area contributed by atoms with Crippen LogP contribution in [0.4, 0.5) is 4.79 Å². The summed E-state index contributed by atoms with van der Waals surface area (Å²) in [5, 5.41) is 13.7. The van der Waals surface area contributed by atoms with E-state index in [1.807, 2.05) is 13.8 Å². The largest absolute Gasteiger partial charge is 0.331 e. The van der Waals surface area contributed by atoms with Gasteiger partial charge in [0, 0.05) is 20.1 Å². The second-order valence-electron chi connectivity index (χ2n) is 3.05. The van der Waals surface area contributed by atoms with Gasteiger partial charge in [0.1, 0.15) is 0 Å². The van der Waals surface area contributed by atoms with Crippen LogP contribution in [-0.4, -0.2) is 44.2 Å². The molecule has 0 bridgehead atoms. The van der Waals surface area contributed by atoms with Crippen LogP contribution in [0.15, 0.2) is 0 Å². The molecule has 0 radical (unpaired) electrons. The summed E-state index contributed by atoms with van der Waals surface area (Å²) < 4.78 is 1.53. The molecule has 15 heavy (non-hydrogen) atoms. The molecule has 0 saturated heterocycles. The Morgan fingerprint density at radius 3 is 2.60 bits per heavy atom. The number of aromatic nitrogens is 4. The van der Waals surface area contributed by atoms with E-state index in [1.165, 1.54) is 4.68 Å². The molecule has 1 N–H and O–H groups in total. The van der Waals surface area contributed by atoms with Crippen LogP contribution in [0.1, 0.15) is 19.7 Å². The highest BCUT2D eigenvalue weighted by Crippen LogP contribution is 1.91. The highest BCUT2D eigenvalue weighted by Gasteiger charge is 2.10. The van der Waals surface area contributed by atoms with Gasteiger partial charge in [-0.05, 0) is 24.3 Å². The summed E-state index contributed by atoms with van der Waals surface area (Å²) in [5.41, 5.74) is 0. The number of nitrogens with one attached hydrogen (secondary N) is 1. The van der Waals surface area contributed by atoms with E-state index < -0.39 is 0 Å². The van der Waals surface area contributed by atoms with Crippen LogP contribution in [0.3, 0.4) is 0 Å². The molecule has 7 heteroatoms. The van der Waals surface area contributed by atoms with E-state index in [2.05, 4.69) is 20.8 Å². The van der Waals surface area contributed by atoms with Crippen molar-refractivity contribution in [3.63, 3.8) is 0 Å². The minimum atomic E-state index is -0.0944. The lowest BCUT2D eigenvalue weighted by molar-refractivity contribution is 0.202. The Labute approximate surface area is 88.4 Å². The molecule has 0 aliphatic carbocycles. The average Bonchev–Trinajstić information content (AvgIpc) is 2.63. The van der Waals surface area contributed by atoms with Crippen molar-refractivity contribution >= 4 is 6.03 Å². The lowest BCUT2D eigenvalue weighted by atomic mass is 10.5. The SMILES string of the molecule is CCN(CC)C(=O)NCc1nnnn1C. The Hall–Kier alpha value is -1.66. The maximum atomic E-state index is 11.5. The maximum absolute atomic E-state index is 11.5. The van der Waals surface area contributed by atoms with Gasteiger partial charge in [0.05, 0.1) is 6.54 Å². The summed E-state index contributed by atoms with van der Waals surface area (Å²) in [5.74, 6) is 0.635. The second-order valence-corrected chi connectivity index (χ2v) is 3.05. The van der Waals surface area contributed by atoms with Crippen LogP contribution in [0, 0.1) is 0 Å². The van der Waals surface area contributed by atoms with E-state index in [9.17, 15) is 4.79 Å². The first-order valence-electron chi connectivity index (χ1n) is 4.93. The first-order valence-corrected chi connectivity index (χ1v) is 4.93. The molecule has 1 aromatic rings. The highest BCUT2D eigenvalue weighted by atomic mass is 16.2. The fourth-order valence-corrected chi connectivity index (χ4v) is 1.18. The van der Waals surface area contributed by atoms with Crippen LogP contribution >= 0.6 is 0 Å². The lowest BCUT2D eigenvalue weighted by Crippen LogP contribution is -2.39. The molecule has 0 fully saturated rings. The average molecular weight is 212 g/mol. The zero-order chi connectivity index (χ0) is 11.3. The Morgan fingerprint density at radius 2 is 2.13 bits per heavy atom. The van der Waals surface area contributed by atoms with Crippen LogP contribution in [-0.2, 0) is 13.6 Å². The number of carbonyl (C=O) groups excluding carboxylic acids is 1. The van der Waals surface area contributed by atoms with E-state index in [-0.39, 0.29) is 6.03 Å². The van der Waals surface area contributed by atoms with Gasteiger partial charge < -0.3 is 10.2 Å². The van der Waals surface area contributed by atoms with Gasteiger partial charge in [-0.15, -0.1) is 5.10 Å². The van der Waals surface area contributed by atoms with Gasteiger partial charge >= 0.3 is 6.03 Å². The summed E-state index contributed by atoms with van der Waals surface area (Å²) in [6.07, 6.45) is 0. The fraction of sp³-hybridized carbons (Fsp3) is 0.750. The molecule has 0 aromatic carbocycles. The number of rotatable bonds is 4. The summed E-state index contributed by atoms with van der Waals surface area (Å²) >= 11 is 0. The molecule has 0 saturated carbocycles. The topological polar surface area (TPSA) is 75.9 Å². The smallest absolute Gasteiger partial charge is 0.317 e. The van der Waals surface area contributed by atoms with Crippen molar-refractivity contribution in [2.75, 3.05) is 13.1 Å². The molecule has 0 aliphatic rings. The lowest BCUT2D eigenvalue weighted by Gasteiger charge is -2.18. The van der Waals surface area contributed by atoms with Crippen molar-refractivity contribution in [1.82, 2.24) is 30.4 Å². The number of aryl methyl sites for hydroxylation is 1. The third kappa shape index (κ3) is 2.90. The number of tetrazole rings is 1. The number of amides is 2. The summed E-state index contributed by atoms with van der Waals surface area (Å²) in [4.78, 5) is 13.2. The molecule has 2 amide bonds. The zero-order valence-electron chi connectivity index (χ0n) is 9.27. The Kier molecular flexibility index (Phi) is 4.02. The van der Waals surface area contributed by atoms with Crippen molar-refractivity contribution in [1.29, 1.82) is 0 Å². The first kappa shape index (κ1) is 11.4. The molecular formula is C8H16N6O. The number of nitrogens with zero attached hydrogens (tertiary/aromatic N) is 5. The fourth-order valence-electron chi connectivity index (χ4n) is 1.18. The van der Waals surface area contributed by atoms with Gasteiger partial charge in [0.25, 0.3) is 0 Å². The molecule has 0 atom stereocenters. The van der Waals surface area contributed by atoms with Crippen LogP contribution in [0.5, 0.6) is 0 Å². The van der Waals surface area contributed by atoms with Gasteiger partial charge in [-0.2, -0.15) is 0 Å². The third-order valence-electron chi connectivity index (χ3n) is 2.16. The minimum Gasteiger partial charge on any atom is -0.331 e. The number of hydrogen-bond donors (Lipinski definition) is 1. The van der Waals surface area contributed by atoms with Gasteiger partial charge in [-0.1, -0.05) is 0 Å². The van der Waals surface area contributed by atoms with E-state index in [4.69, 9.17) is 0 Å². The molecule has 0 unspecified atom stereocenters. The summed E-state index contributed by atoms with van der Waals surface area (Å²) in [6, 6.07) is -0.0944. The predicted octanol–water partition coefficient (Wildman–Crippen LogP) is -0.239. The Bertz CT molecular complexity index is 319. The number of urea groups is 1.